The smallest absolute Gasteiger partial charge is 0.128 e. The van der Waals surface area contributed by atoms with Gasteiger partial charge in [-0.2, -0.15) is 0 Å². The Morgan fingerprint density at radius 1 is 1.17 bits per heavy atom. The van der Waals surface area contributed by atoms with Crippen LogP contribution >= 0.6 is 0 Å². The molecule has 2 fully saturated rings. The highest BCUT2D eigenvalue weighted by atomic mass is 19.1. The number of piperazine rings is 1. The monoisotopic (exact) mass is 249 g/mol. The first-order valence-corrected chi connectivity index (χ1v) is 6.70. The fourth-order valence-electron chi connectivity index (χ4n) is 2.72. The first-order chi connectivity index (χ1) is 8.65. The fourth-order valence-corrected chi connectivity index (χ4v) is 2.72. The van der Waals surface area contributed by atoms with E-state index < -0.39 is 0 Å². The minimum atomic E-state index is -0.215. The van der Waals surface area contributed by atoms with Gasteiger partial charge in [0.15, 0.2) is 0 Å². The molecule has 3 nitrogen and oxygen atoms in total. The average molecular weight is 249 g/mol. The number of benzene rings is 1. The largest absolute Gasteiger partial charge is 0.397 e. The number of rotatable bonds is 2. The van der Waals surface area contributed by atoms with Crippen LogP contribution in [0.25, 0.3) is 0 Å². The second-order valence-corrected chi connectivity index (χ2v) is 5.41. The van der Waals surface area contributed by atoms with Crippen LogP contribution in [0.2, 0.25) is 0 Å². The summed E-state index contributed by atoms with van der Waals surface area (Å²) in [7, 11) is 0. The second kappa shape index (κ2) is 4.43. The van der Waals surface area contributed by atoms with Crippen molar-refractivity contribution in [3.8, 4) is 0 Å². The minimum absolute atomic E-state index is 0.215. The van der Waals surface area contributed by atoms with Crippen molar-refractivity contribution < 1.29 is 4.39 Å². The van der Waals surface area contributed by atoms with Crippen LogP contribution in [-0.4, -0.2) is 37.1 Å². The van der Waals surface area contributed by atoms with Gasteiger partial charge in [-0.05, 0) is 37.5 Å². The first kappa shape index (κ1) is 11.8. The van der Waals surface area contributed by atoms with E-state index in [-0.39, 0.29) is 5.82 Å². The van der Waals surface area contributed by atoms with Crippen molar-refractivity contribution in [3.05, 3.63) is 23.5 Å². The molecule has 2 aliphatic rings. The van der Waals surface area contributed by atoms with Gasteiger partial charge in [0.1, 0.15) is 5.82 Å². The standard InChI is InChI=1S/C14H20FN3/c1-10-8-14(13(16)9-12(10)15)18-6-4-17(5-7-18)11-2-3-11/h8-9,11H,2-7,16H2,1H3. The lowest BCUT2D eigenvalue weighted by Gasteiger charge is -2.36. The quantitative estimate of drug-likeness (QED) is 0.814. The fraction of sp³-hybridized carbons (Fsp3) is 0.571. The van der Waals surface area contributed by atoms with Gasteiger partial charge in [-0.15, -0.1) is 0 Å². The van der Waals surface area contributed by atoms with Crippen molar-refractivity contribution in [2.24, 2.45) is 0 Å². The highest BCUT2D eigenvalue weighted by molar-refractivity contribution is 5.69. The first-order valence-electron chi connectivity index (χ1n) is 6.70. The van der Waals surface area contributed by atoms with Crippen molar-refractivity contribution in [1.82, 2.24) is 4.90 Å². The summed E-state index contributed by atoms with van der Waals surface area (Å²) in [4.78, 5) is 4.84. The van der Waals surface area contributed by atoms with Gasteiger partial charge < -0.3 is 10.6 Å². The summed E-state index contributed by atoms with van der Waals surface area (Å²) in [5.41, 5.74) is 8.15. The average Bonchev–Trinajstić information content (AvgIpc) is 3.18. The number of anilines is 2. The maximum atomic E-state index is 13.4. The molecular formula is C14H20FN3. The normalized spacial score (nSPS) is 21.3. The van der Waals surface area contributed by atoms with Gasteiger partial charge in [0.2, 0.25) is 0 Å². The van der Waals surface area contributed by atoms with E-state index in [1.807, 2.05) is 6.07 Å². The molecule has 1 saturated carbocycles. The Hall–Kier alpha value is -1.29. The maximum absolute atomic E-state index is 13.4. The van der Waals surface area contributed by atoms with Crippen LogP contribution in [-0.2, 0) is 0 Å². The van der Waals surface area contributed by atoms with Gasteiger partial charge in [0.05, 0.1) is 11.4 Å². The maximum Gasteiger partial charge on any atom is 0.128 e. The Labute approximate surface area is 107 Å². The molecule has 1 saturated heterocycles. The molecule has 0 aromatic heterocycles. The van der Waals surface area contributed by atoms with Crippen LogP contribution in [0.1, 0.15) is 18.4 Å². The molecule has 0 bridgehead atoms. The molecule has 1 heterocycles. The number of nitrogens with two attached hydrogens (primary N) is 1. The molecule has 0 amide bonds. The van der Waals surface area contributed by atoms with E-state index in [4.69, 9.17) is 5.73 Å². The van der Waals surface area contributed by atoms with Crippen molar-refractivity contribution in [2.45, 2.75) is 25.8 Å². The zero-order valence-electron chi connectivity index (χ0n) is 10.8. The van der Waals surface area contributed by atoms with Crippen molar-refractivity contribution >= 4 is 11.4 Å². The third-order valence-corrected chi connectivity index (χ3v) is 4.03. The molecule has 18 heavy (non-hydrogen) atoms. The lowest BCUT2D eigenvalue weighted by Crippen LogP contribution is -2.47. The van der Waals surface area contributed by atoms with Gasteiger partial charge in [0, 0.05) is 32.2 Å². The highest BCUT2D eigenvalue weighted by Crippen LogP contribution is 2.31. The number of hydrogen-bond donors (Lipinski definition) is 1. The molecule has 1 aliphatic heterocycles. The Morgan fingerprint density at radius 2 is 1.83 bits per heavy atom. The topological polar surface area (TPSA) is 32.5 Å². The van der Waals surface area contributed by atoms with Crippen LogP contribution in [0.15, 0.2) is 12.1 Å². The van der Waals surface area contributed by atoms with Crippen LogP contribution in [0.3, 0.4) is 0 Å². The number of nitrogen functional groups attached to an aromatic ring is 1. The van der Waals surface area contributed by atoms with Crippen molar-refractivity contribution in [1.29, 1.82) is 0 Å². The van der Waals surface area contributed by atoms with E-state index in [2.05, 4.69) is 9.80 Å². The molecule has 1 aliphatic carbocycles. The van der Waals surface area contributed by atoms with Crippen LogP contribution < -0.4 is 10.6 Å². The molecule has 0 spiro atoms. The van der Waals surface area contributed by atoms with E-state index in [0.717, 1.165) is 37.9 Å². The zero-order chi connectivity index (χ0) is 12.7. The van der Waals surface area contributed by atoms with Crippen molar-refractivity contribution in [3.63, 3.8) is 0 Å². The Kier molecular flexibility index (Phi) is 2.90. The van der Waals surface area contributed by atoms with Gasteiger partial charge in [-0.25, -0.2) is 4.39 Å². The summed E-state index contributed by atoms with van der Waals surface area (Å²) in [5.74, 6) is -0.215. The molecule has 0 unspecified atom stereocenters. The highest BCUT2D eigenvalue weighted by Gasteiger charge is 2.31. The Balaban J connectivity index is 1.73. The molecule has 2 N–H and O–H groups in total. The second-order valence-electron chi connectivity index (χ2n) is 5.41. The number of aryl methyl sites for hydroxylation is 1. The van der Waals surface area contributed by atoms with Crippen molar-refractivity contribution in [2.75, 3.05) is 36.8 Å². The molecule has 0 atom stereocenters. The summed E-state index contributed by atoms with van der Waals surface area (Å²) in [5, 5.41) is 0. The van der Waals surface area contributed by atoms with E-state index >= 15 is 0 Å². The third kappa shape index (κ3) is 2.17. The third-order valence-electron chi connectivity index (χ3n) is 4.03. The molecule has 3 rings (SSSR count). The van der Waals surface area contributed by atoms with E-state index in [1.54, 1.807) is 6.92 Å². The van der Waals surface area contributed by atoms with E-state index in [1.165, 1.54) is 18.9 Å². The lowest BCUT2D eigenvalue weighted by atomic mass is 10.1. The predicted molar refractivity (Wildman–Crippen MR) is 72.4 cm³/mol. The van der Waals surface area contributed by atoms with Crippen LogP contribution in [0.4, 0.5) is 15.8 Å². The summed E-state index contributed by atoms with van der Waals surface area (Å²) < 4.78 is 13.4. The number of halogens is 1. The minimum Gasteiger partial charge on any atom is -0.397 e. The molecule has 0 radical (unpaired) electrons. The summed E-state index contributed by atoms with van der Waals surface area (Å²) in [6.07, 6.45) is 2.72. The predicted octanol–water partition coefficient (Wildman–Crippen LogP) is 2.00. The van der Waals surface area contributed by atoms with Gasteiger partial charge >= 0.3 is 0 Å². The summed E-state index contributed by atoms with van der Waals surface area (Å²) in [6, 6.07) is 4.15. The van der Waals surface area contributed by atoms with Gasteiger partial charge in [0.25, 0.3) is 0 Å². The Morgan fingerprint density at radius 3 is 2.44 bits per heavy atom. The number of hydrogen-bond acceptors (Lipinski definition) is 3. The molecule has 1 aromatic carbocycles. The number of nitrogens with zero attached hydrogens (tertiary/aromatic N) is 2. The Bertz CT molecular complexity index is 449. The molecule has 98 valence electrons. The molecular weight excluding hydrogens is 229 g/mol. The lowest BCUT2D eigenvalue weighted by molar-refractivity contribution is 0.248. The molecule has 4 heteroatoms. The van der Waals surface area contributed by atoms with Gasteiger partial charge in [-0.1, -0.05) is 0 Å². The summed E-state index contributed by atoms with van der Waals surface area (Å²) >= 11 is 0. The SMILES string of the molecule is Cc1cc(N2CCN(C3CC3)CC2)c(N)cc1F. The van der Waals surface area contributed by atoms with Crippen LogP contribution in [0, 0.1) is 12.7 Å². The van der Waals surface area contributed by atoms with Crippen LogP contribution in [0.5, 0.6) is 0 Å². The zero-order valence-corrected chi connectivity index (χ0v) is 10.8. The summed E-state index contributed by atoms with van der Waals surface area (Å²) in [6.45, 7) is 5.97. The van der Waals surface area contributed by atoms with E-state index in [9.17, 15) is 4.39 Å². The molecule has 1 aromatic rings. The van der Waals surface area contributed by atoms with Gasteiger partial charge in [-0.3, -0.25) is 4.90 Å². The van der Waals surface area contributed by atoms with E-state index in [0.29, 0.717) is 11.3 Å².